The number of aliphatic hydroxyl groups is 3. The van der Waals surface area contributed by atoms with Gasteiger partial charge in [-0.25, -0.2) is 4.79 Å². The Morgan fingerprint density at radius 3 is 2.59 bits per heavy atom. The molecule has 7 heterocycles. The second-order valence-corrected chi connectivity index (χ2v) is 27.2. The molecule has 5 saturated carbocycles. The smallest absolute Gasteiger partial charge is 0.339 e. The van der Waals surface area contributed by atoms with E-state index in [-0.39, 0.29) is 54.6 Å². The zero-order valence-corrected chi connectivity index (χ0v) is 44.0. The Hall–Kier alpha value is -4.03. The molecule has 0 radical (unpaired) electrons. The van der Waals surface area contributed by atoms with Gasteiger partial charge in [-0.15, -0.1) is 0 Å². The lowest BCUT2D eigenvalue weighted by Crippen LogP contribution is -2.82. The van der Waals surface area contributed by atoms with Crippen LogP contribution in [-0.4, -0.2) is 106 Å². The first-order valence-corrected chi connectivity index (χ1v) is 29.3. The van der Waals surface area contributed by atoms with Crippen molar-refractivity contribution in [1.82, 2.24) is 10.2 Å². The fourth-order valence-electron chi connectivity index (χ4n) is 21.6. The van der Waals surface area contributed by atoms with E-state index in [1.807, 2.05) is 26.2 Å². The number of fused-ring (bicyclic) bond motifs is 6. The monoisotopic (exact) mass is 1020 g/mol. The van der Waals surface area contributed by atoms with Crippen molar-refractivity contribution in [3.8, 4) is 11.8 Å². The number of aryl methyl sites for hydroxylation is 1. The molecule has 13 aliphatic rings. The first-order chi connectivity index (χ1) is 36.2. The third-order valence-corrected chi connectivity index (χ3v) is 24.2. The van der Waals surface area contributed by atoms with Gasteiger partial charge in [-0.3, -0.25) is 14.9 Å². The molecule has 0 amide bonds. The van der Waals surface area contributed by atoms with E-state index in [1.54, 1.807) is 0 Å². The second kappa shape index (κ2) is 16.3. The predicted molar refractivity (Wildman–Crippen MR) is 271 cm³/mol. The van der Waals surface area contributed by atoms with Crippen LogP contribution in [0.4, 0.5) is 0 Å². The fraction of sp³-hybridized carbons (Fsp3) is 0.726. The topological polar surface area (TPSA) is 181 Å². The van der Waals surface area contributed by atoms with Crippen LogP contribution in [-0.2, 0) is 58.2 Å². The van der Waals surface area contributed by atoms with E-state index >= 15 is 9.59 Å². The van der Waals surface area contributed by atoms with Crippen LogP contribution < -0.4 is 5.32 Å². The summed E-state index contributed by atoms with van der Waals surface area (Å²) in [4.78, 5) is 49.1. The van der Waals surface area contributed by atoms with Gasteiger partial charge >= 0.3 is 11.9 Å². The standard InChI is InChI=1S/C62H76N2O11/c1-56(2)50-49(67)51(68)60-43-26-35(25-34-9-5-4-6-10-34)11-12-36(43)13-16-40-17-14-39-31-71-46(28-42(45(66)30-65)37-15-18-41-38(27-37)20-24-64-33-63-29-44(41)64)48(39)61(40)57(3,62(60)52(73-62)53(69)74-61)23-19-47(60)59(50)32-72-55(70)58(54(59)75-56)21-7-8-22-58/h4-6,9-10,20,24,31,35-38,40-45,47,50-52,54,63,65-66,68H,7-8,11-12,14-15,17-19,21-23,25-30,32-33H2,1-3H3/t35-,36-,37-,38+,40+,41-,42-,43-,44+,45+,47+,50+,51+,52+,54-,57-,59+,60-,61-,62+/m0/s1. The number of aliphatic hydroxyl groups excluding tert-OH is 3. The number of cyclic esters (lactones) is 1. The molecule has 13 nitrogen and oxygen atoms in total. The lowest BCUT2D eigenvalue weighted by molar-refractivity contribution is -0.307. The average Bonchev–Trinajstić information content (AvgIpc) is 2.76. The van der Waals surface area contributed by atoms with E-state index in [4.69, 9.17) is 23.4 Å². The van der Waals surface area contributed by atoms with Crippen LogP contribution in [0.1, 0.15) is 127 Å². The van der Waals surface area contributed by atoms with E-state index in [1.165, 1.54) is 5.56 Å². The number of nitrogens with one attached hydrogen (secondary N) is 1. The molecular formula is C62H76N2O11. The van der Waals surface area contributed by atoms with Crippen LogP contribution in [0.2, 0.25) is 0 Å². The summed E-state index contributed by atoms with van der Waals surface area (Å²) in [6.45, 7) is 7.63. The van der Waals surface area contributed by atoms with Gasteiger partial charge in [0.15, 0.2) is 17.5 Å². The molecule has 13 heteroatoms. The second-order valence-electron chi connectivity index (χ2n) is 27.2. The summed E-state index contributed by atoms with van der Waals surface area (Å²) in [5, 5.41) is 40.5. The van der Waals surface area contributed by atoms with E-state index in [9.17, 15) is 20.1 Å². The number of furan rings is 1. The van der Waals surface area contributed by atoms with Crippen LogP contribution >= 0.6 is 0 Å². The van der Waals surface area contributed by atoms with E-state index in [2.05, 4.69) is 65.5 Å². The highest BCUT2D eigenvalue weighted by molar-refractivity contribution is 5.93. The normalized spacial score (nSPS) is 47.4. The maximum atomic E-state index is 16.4. The number of allylic oxidation sites excluding steroid dienone is 1. The van der Waals surface area contributed by atoms with Gasteiger partial charge in [0.05, 0.1) is 54.6 Å². The highest BCUT2D eigenvalue weighted by Gasteiger charge is 2.96. The average molecular weight is 1030 g/mol. The zero-order chi connectivity index (χ0) is 51.2. The molecule has 4 bridgehead atoms. The van der Waals surface area contributed by atoms with E-state index in [0.29, 0.717) is 75.0 Å². The Kier molecular flexibility index (Phi) is 10.4. The van der Waals surface area contributed by atoms with Crippen LogP contribution in [0.15, 0.2) is 53.3 Å². The molecule has 6 aliphatic heterocycles. The van der Waals surface area contributed by atoms with Crippen LogP contribution in [0, 0.1) is 92.7 Å². The van der Waals surface area contributed by atoms with Crippen LogP contribution in [0.3, 0.4) is 0 Å². The predicted octanol–water partition coefficient (Wildman–Crippen LogP) is 6.57. The quantitative estimate of drug-likeness (QED) is 0.133. The van der Waals surface area contributed by atoms with Crippen molar-refractivity contribution in [1.29, 1.82) is 0 Å². The van der Waals surface area contributed by atoms with Gasteiger partial charge in [0.25, 0.3) is 0 Å². The van der Waals surface area contributed by atoms with E-state index < -0.39 is 86.6 Å². The molecule has 7 aliphatic carbocycles. The highest BCUT2D eigenvalue weighted by Crippen LogP contribution is 2.86. The number of rotatable bonds is 7. The number of nitrogens with zero attached hydrogens (tertiary/aromatic N) is 1. The summed E-state index contributed by atoms with van der Waals surface area (Å²) >= 11 is 0. The van der Waals surface area contributed by atoms with Crippen molar-refractivity contribution < 1.29 is 53.1 Å². The summed E-state index contributed by atoms with van der Waals surface area (Å²) in [5.74, 6) is 5.99. The third kappa shape index (κ3) is 5.85. The third-order valence-electron chi connectivity index (χ3n) is 24.2. The summed E-state index contributed by atoms with van der Waals surface area (Å²) < 4.78 is 35.6. The van der Waals surface area contributed by atoms with Crippen molar-refractivity contribution >= 4 is 17.7 Å². The molecule has 1 aromatic heterocycles. The zero-order valence-electron chi connectivity index (χ0n) is 44.0. The largest absolute Gasteiger partial charge is 0.469 e. The molecular weight excluding hydrogens is 949 g/mol. The molecule has 1 aromatic carbocycles. The molecule has 5 spiro atoms. The molecule has 10 fully saturated rings. The van der Waals surface area contributed by atoms with Crippen molar-refractivity contribution in [3.05, 3.63) is 71.3 Å². The first-order valence-electron chi connectivity index (χ1n) is 29.3. The molecule has 15 rings (SSSR count). The Morgan fingerprint density at radius 2 is 1.77 bits per heavy atom. The summed E-state index contributed by atoms with van der Waals surface area (Å²) in [6.07, 6.45) is 13.8. The van der Waals surface area contributed by atoms with Crippen molar-refractivity contribution in [3.63, 3.8) is 0 Å². The summed E-state index contributed by atoms with van der Waals surface area (Å²) in [7, 11) is 0. The molecule has 20 atom stereocenters. The van der Waals surface area contributed by atoms with Gasteiger partial charge in [0.1, 0.15) is 24.1 Å². The summed E-state index contributed by atoms with van der Waals surface area (Å²) in [6, 6.07) is 11.0. The number of carbonyl (C=O) groups is 3. The van der Waals surface area contributed by atoms with Gasteiger partial charge in [-0.2, -0.15) is 0 Å². The first kappa shape index (κ1) is 48.1. The van der Waals surface area contributed by atoms with Gasteiger partial charge in [-0.05, 0) is 156 Å². The van der Waals surface area contributed by atoms with E-state index in [0.717, 1.165) is 75.7 Å². The Balaban J connectivity index is 0.915. The fourth-order valence-corrected chi connectivity index (χ4v) is 21.6. The Labute approximate surface area is 440 Å². The lowest BCUT2D eigenvalue weighted by atomic mass is 9.30. The minimum Gasteiger partial charge on any atom is -0.469 e. The summed E-state index contributed by atoms with van der Waals surface area (Å²) in [5.41, 5.74) is -5.22. The number of ether oxygens (including phenoxy) is 4. The Morgan fingerprint density at radius 1 is 0.947 bits per heavy atom. The minimum atomic E-state index is -1.54. The molecule has 5 saturated heterocycles. The maximum Gasteiger partial charge on any atom is 0.339 e. The number of carbonyl (C=O) groups excluding carboxylic acids is 3. The molecule has 4 N–H and O–H groups in total. The highest BCUT2D eigenvalue weighted by atomic mass is 16.7. The number of epoxide rings is 1. The van der Waals surface area contributed by atoms with Crippen molar-refractivity contribution in [2.24, 2.45) is 80.8 Å². The number of esters is 2. The number of Topliss-reactive ketones (excluding diaryl/α,β-unsaturated/α-hetero) is 1. The van der Waals surface area contributed by atoms with Gasteiger partial charge < -0.3 is 43.6 Å². The Bertz CT molecular complexity index is 2810. The minimum absolute atomic E-state index is 0.00235. The number of hydrogen-bond donors (Lipinski definition) is 4. The maximum absolute atomic E-state index is 16.4. The molecule has 0 unspecified atom stereocenters. The number of benzene rings is 1. The number of ketones is 1. The molecule has 400 valence electrons. The van der Waals surface area contributed by atoms with Gasteiger partial charge in [0, 0.05) is 46.7 Å². The van der Waals surface area contributed by atoms with Crippen LogP contribution in [0.5, 0.6) is 0 Å². The number of hydrogen-bond acceptors (Lipinski definition) is 13. The van der Waals surface area contributed by atoms with Gasteiger partial charge in [-0.1, -0.05) is 68.0 Å². The lowest BCUT2D eigenvalue weighted by Gasteiger charge is -2.72. The van der Waals surface area contributed by atoms with Crippen LogP contribution in [0.25, 0.3) is 0 Å². The SMILES string of the molecule is CC1(C)O[C@H]2C3(CCCC3)C(=O)OC[C@@]23[C@@H]1C(=O)[C@@H](O)[C@]12[C@@H]3CC[C@]3(C)[C@@]14O[C@@H]4C(=O)O[C@@]31c3c(coc3C[C@@H]([C@H]3CC[C@H]4[C@H](C=CN5CNC[C@H]45)C3)[C@H](O)CO)CC[C@H]1C#C[C@@H]1CC[C@@H](Cc3ccccc3)C[C@@H]12. The molecule has 75 heavy (non-hydrogen) atoms. The van der Waals surface area contributed by atoms with Crippen molar-refractivity contribution in [2.75, 3.05) is 26.4 Å². The van der Waals surface area contributed by atoms with Crippen molar-refractivity contribution in [2.45, 2.75) is 171 Å². The van der Waals surface area contributed by atoms with Gasteiger partial charge in [0.2, 0.25) is 0 Å². The molecule has 2 aromatic rings.